The number of aryl methyl sites for hydroxylation is 1. The summed E-state index contributed by atoms with van der Waals surface area (Å²) < 4.78 is 0. The fourth-order valence-corrected chi connectivity index (χ4v) is 4.86. The maximum Gasteiger partial charge on any atom is 0.325 e. The van der Waals surface area contributed by atoms with Gasteiger partial charge in [0.1, 0.15) is 5.54 Å². The van der Waals surface area contributed by atoms with Gasteiger partial charge in [-0.25, -0.2) is 4.79 Å². The Balaban J connectivity index is 1.78. The second kappa shape index (κ2) is 10.5. The Labute approximate surface area is 192 Å². The number of carbonyl (C=O) groups is 3. The molecule has 7 nitrogen and oxygen atoms in total. The molecule has 1 aromatic rings. The van der Waals surface area contributed by atoms with Crippen molar-refractivity contribution >= 4 is 17.8 Å². The first-order valence-electron chi connectivity index (χ1n) is 11.9. The number of likely N-dealkylation sites (tertiary alicyclic amines) is 1. The predicted molar refractivity (Wildman–Crippen MR) is 125 cm³/mol. The number of carbonyl (C=O) groups excluding carboxylic acids is 3. The third-order valence-electron chi connectivity index (χ3n) is 7.16. The van der Waals surface area contributed by atoms with Crippen LogP contribution in [-0.4, -0.2) is 78.4 Å². The van der Waals surface area contributed by atoms with E-state index in [1.165, 1.54) is 4.90 Å². The summed E-state index contributed by atoms with van der Waals surface area (Å²) in [6.45, 7) is 6.30. The van der Waals surface area contributed by atoms with Crippen molar-refractivity contribution in [2.75, 3.05) is 40.3 Å². The van der Waals surface area contributed by atoms with E-state index < -0.39 is 5.54 Å². The number of benzene rings is 1. The van der Waals surface area contributed by atoms with Crippen molar-refractivity contribution in [3.05, 3.63) is 35.9 Å². The van der Waals surface area contributed by atoms with Crippen LogP contribution >= 0.6 is 0 Å². The summed E-state index contributed by atoms with van der Waals surface area (Å²) in [7, 11) is 3.87. The molecular weight excluding hydrogens is 404 g/mol. The van der Waals surface area contributed by atoms with Crippen molar-refractivity contribution in [1.29, 1.82) is 0 Å². The Morgan fingerprint density at radius 2 is 1.84 bits per heavy atom. The molecule has 32 heavy (non-hydrogen) atoms. The lowest BCUT2D eigenvalue weighted by atomic mass is 9.74. The van der Waals surface area contributed by atoms with Crippen LogP contribution in [0.4, 0.5) is 4.79 Å². The molecule has 0 spiro atoms. The number of hydrogen-bond acceptors (Lipinski definition) is 4. The zero-order valence-electron chi connectivity index (χ0n) is 20.0. The summed E-state index contributed by atoms with van der Waals surface area (Å²) >= 11 is 0. The highest BCUT2D eigenvalue weighted by atomic mass is 16.2. The van der Waals surface area contributed by atoms with E-state index in [4.69, 9.17) is 0 Å². The topological polar surface area (TPSA) is 73.0 Å². The summed E-state index contributed by atoms with van der Waals surface area (Å²) in [5, 5.41) is 3.12. The van der Waals surface area contributed by atoms with Gasteiger partial charge in [-0.1, -0.05) is 44.2 Å². The van der Waals surface area contributed by atoms with Gasteiger partial charge >= 0.3 is 6.03 Å². The van der Waals surface area contributed by atoms with Gasteiger partial charge in [-0.15, -0.1) is 0 Å². The molecule has 2 aliphatic rings. The van der Waals surface area contributed by atoms with Crippen LogP contribution in [0.2, 0.25) is 0 Å². The van der Waals surface area contributed by atoms with E-state index in [1.54, 1.807) is 0 Å². The number of amides is 4. The van der Waals surface area contributed by atoms with E-state index in [0.717, 1.165) is 31.2 Å². The zero-order valence-corrected chi connectivity index (χ0v) is 20.0. The Hall–Kier alpha value is -2.41. The highest BCUT2D eigenvalue weighted by Gasteiger charge is 2.55. The van der Waals surface area contributed by atoms with Gasteiger partial charge in [0, 0.05) is 32.1 Å². The molecule has 2 aliphatic heterocycles. The molecule has 1 N–H and O–H groups in total. The van der Waals surface area contributed by atoms with Crippen molar-refractivity contribution in [1.82, 2.24) is 20.0 Å². The maximum atomic E-state index is 13.7. The Morgan fingerprint density at radius 1 is 1.19 bits per heavy atom. The van der Waals surface area contributed by atoms with Gasteiger partial charge in [-0.2, -0.15) is 0 Å². The average molecular weight is 443 g/mol. The van der Waals surface area contributed by atoms with E-state index in [0.29, 0.717) is 32.6 Å². The SMILES string of the molecule is CCC(C)C(=O)N1CCC(C2(CCc3ccccc3)NC(=O)N(CCN(C)C)C2=O)CC1. The molecule has 2 unspecified atom stereocenters. The molecule has 2 atom stereocenters. The molecule has 0 aliphatic carbocycles. The van der Waals surface area contributed by atoms with Gasteiger partial charge < -0.3 is 15.1 Å². The van der Waals surface area contributed by atoms with Crippen molar-refractivity contribution in [2.45, 2.75) is 51.5 Å². The highest BCUT2D eigenvalue weighted by molar-refractivity contribution is 6.07. The number of likely N-dealkylation sites (N-methyl/N-ethyl adjacent to an activating group) is 1. The van der Waals surface area contributed by atoms with Crippen LogP contribution in [0.1, 0.15) is 45.1 Å². The van der Waals surface area contributed by atoms with E-state index in [9.17, 15) is 14.4 Å². The monoisotopic (exact) mass is 442 g/mol. The fourth-order valence-electron chi connectivity index (χ4n) is 4.86. The van der Waals surface area contributed by atoms with E-state index >= 15 is 0 Å². The second-order valence-electron chi connectivity index (χ2n) is 9.56. The van der Waals surface area contributed by atoms with Crippen LogP contribution < -0.4 is 5.32 Å². The molecule has 3 rings (SSSR count). The van der Waals surface area contributed by atoms with Crippen molar-refractivity contribution in [3.63, 3.8) is 0 Å². The van der Waals surface area contributed by atoms with E-state index in [-0.39, 0.29) is 29.7 Å². The largest absolute Gasteiger partial charge is 0.342 e. The number of imide groups is 1. The summed E-state index contributed by atoms with van der Waals surface area (Å²) in [6, 6.07) is 9.81. The Morgan fingerprint density at radius 3 is 2.44 bits per heavy atom. The van der Waals surface area contributed by atoms with Gasteiger partial charge in [0.05, 0.1) is 0 Å². The number of nitrogens with zero attached hydrogens (tertiary/aromatic N) is 3. The molecule has 0 radical (unpaired) electrons. The summed E-state index contributed by atoms with van der Waals surface area (Å²) in [5.41, 5.74) is 0.259. The number of nitrogens with one attached hydrogen (secondary N) is 1. The predicted octanol–water partition coefficient (Wildman–Crippen LogP) is 2.76. The van der Waals surface area contributed by atoms with E-state index in [1.807, 2.05) is 55.9 Å². The lowest BCUT2D eigenvalue weighted by Gasteiger charge is -2.41. The van der Waals surface area contributed by atoms with Crippen LogP contribution in [0.3, 0.4) is 0 Å². The molecule has 2 fully saturated rings. The minimum Gasteiger partial charge on any atom is -0.342 e. The molecular formula is C25H38N4O3. The molecule has 2 saturated heterocycles. The first kappa shape index (κ1) is 24.2. The molecule has 7 heteroatoms. The van der Waals surface area contributed by atoms with Crippen LogP contribution in [0.5, 0.6) is 0 Å². The second-order valence-corrected chi connectivity index (χ2v) is 9.56. The lowest BCUT2D eigenvalue weighted by Crippen LogP contribution is -2.57. The summed E-state index contributed by atoms with van der Waals surface area (Å²) in [5.74, 6) is 0.131. The molecule has 0 saturated carbocycles. The molecule has 1 aromatic carbocycles. The van der Waals surface area contributed by atoms with Gasteiger partial charge in [-0.3, -0.25) is 14.5 Å². The molecule has 4 amide bonds. The third kappa shape index (κ3) is 5.14. The fraction of sp³-hybridized carbons (Fsp3) is 0.640. The lowest BCUT2D eigenvalue weighted by molar-refractivity contribution is -0.138. The third-order valence-corrected chi connectivity index (χ3v) is 7.16. The van der Waals surface area contributed by atoms with E-state index in [2.05, 4.69) is 17.4 Å². The number of hydrogen-bond donors (Lipinski definition) is 1. The summed E-state index contributed by atoms with van der Waals surface area (Å²) in [6.07, 6.45) is 3.58. The van der Waals surface area contributed by atoms with Crippen molar-refractivity contribution in [3.8, 4) is 0 Å². The highest BCUT2D eigenvalue weighted by Crippen LogP contribution is 2.37. The first-order valence-corrected chi connectivity index (χ1v) is 11.9. The molecule has 176 valence electrons. The van der Waals surface area contributed by atoms with Gasteiger partial charge in [-0.05, 0) is 57.7 Å². The van der Waals surface area contributed by atoms with Crippen LogP contribution in [0.15, 0.2) is 30.3 Å². The molecule has 0 aromatic heterocycles. The van der Waals surface area contributed by atoms with Crippen molar-refractivity contribution in [2.24, 2.45) is 11.8 Å². The minimum absolute atomic E-state index is 0.0212. The number of urea groups is 1. The van der Waals surface area contributed by atoms with Crippen LogP contribution in [0.25, 0.3) is 0 Å². The van der Waals surface area contributed by atoms with Crippen molar-refractivity contribution < 1.29 is 14.4 Å². The van der Waals surface area contributed by atoms with Crippen LogP contribution in [-0.2, 0) is 16.0 Å². The average Bonchev–Trinajstić information content (AvgIpc) is 3.05. The maximum absolute atomic E-state index is 13.7. The molecule has 0 bridgehead atoms. The van der Waals surface area contributed by atoms with Gasteiger partial charge in [0.2, 0.25) is 5.91 Å². The molecule has 2 heterocycles. The Kier molecular flexibility index (Phi) is 7.93. The number of piperidine rings is 1. The Bertz CT molecular complexity index is 805. The minimum atomic E-state index is -0.898. The zero-order chi connectivity index (χ0) is 23.3. The first-order chi connectivity index (χ1) is 15.3. The van der Waals surface area contributed by atoms with Crippen LogP contribution in [0, 0.1) is 11.8 Å². The normalized spacial score (nSPS) is 23.0. The number of rotatable bonds is 9. The smallest absolute Gasteiger partial charge is 0.325 e. The van der Waals surface area contributed by atoms with Gasteiger partial charge in [0.25, 0.3) is 5.91 Å². The summed E-state index contributed by atoms with van der Waals surface area (Å²) in [4.78, 5) is 44.5. The standard InChI is InChI=1S/C25H38N4O3/c1-5-19(2)22(30)28-15-12-21(13-16-28)25(14-11-20-9-7-6-8-10-20)23(31)29(24(32)26-25)18-17-27(3)4/h6-10,19,21H,5,11-18H2,1-4H3,(H,26,32). The quantitative estimate of drug-likeness (QED) is 0.597. The van der Waals surface area contributed by atoms with Gasteiger partial charge in [0.15, 0.2) is 0 Å².